The largest absolute Gasteiger partial charge is 0.662 e. The summed E-state index contributed by atoms with van der Waals surface area (Å²) in [6.45, 7) is 31.0. The Bertz CT molecular complexity index is 275. The van der Waals surface area contributed by atoms with Gasteiger partial charge in [0.1, 0.15) is 0 Å². The van der Waals surface area contributed by atoms with E-state index in [0.29, 0.717) is 20.6 Å². The van der Waals surface area contributed by atoms with E-state index in [1.165, 1.54) is 12.3 Å². The van der Waals surface area contributed by atoms with Gasteiger partial charge in [0.15, 0.2) is 0 Å². The molecule has 0 aromatic carbocycles. The summed E-state index contributed by atoms with van der Waals surface area (Å²) in [4.78, 5) is 0. The van der Waals surface area contributed by atoms with E-state index < -0.39 is 0 Å². The Morgan fingerprint density at radius 1 is 0.478 bits per heavy atom. The smallest absolute Gasteiger partial charge is 0.0175 e. The molecule has 0 rings (SSSR count). The van der Waals surface area contributed by atoms with Crippen molar-refractivity contribution in [3.8, 4) is 0 Å². The van der Waals surface area contributed by atoms with E-state index in [2.05, 4.69) is 83.1 Å². The molecule has 0 aromatic heterocycles. The van der Waals surface area contributed by atoms with E-state index in [4.69, 9.17) is 5.32 Å². The van der Waals surface area contributed by atoms with Crippen molar-refractivity contribution in [1.82, 2.24) is 0 Å². The van der Waals surface area contributed by atoms with Gasteiger partial charge in [-0.2, -0.15) is 0 Å². The minimum Gasteiger partial charge on any atom is -0.662 e. The molecule has 0 bridgehead atoms. The maximum Gasteiger partial charge on any atom is -0.0175 e. The van der Waals surface area contributed by atoms with Gasteiger partial charge in [-0.25, -0.2) is 0 Å². The van der Waals surface area contributed by atoms with Crippen LogP contribution in [0.1, 0.15) is 83.1 Å². The summed E-state index contributed by atoms with van der Waals surface area (Å²) in [6, 6.07) is 0. The summed E-state index contributed by atoms with van der Waals surface area (Å²) in [5.41, 5.74) is 0. The highest BCUT2D eigenvalue weighted by Crippen LogP contribution is 2.60. The maximum absolute atomic E-state index is 4.94. The van der Waals surface area contributed by atoms with Crippen LogP contribution >= 0.6 is 15.8 Å². The number of rotatable bonds is 6. The number of hydrogen-bond donors (Lipinski definition) is 0. The van der Waals surface area contributed by atoms with Gasteiger partial charge < -0.3 is 5.32 Å². The fourth-order valence-corrected chi connectivity index (χ4v) is 11.2. The van der Waals surface area contributed by atoms with E-state index in [1.54, 1.807) is 0 Å². The molecule has 0 amide bonds. The number of hydrogen-bond acceptors (Lipinski definition) is 0. The first kappa shape index (κ1) is 23.8. The Morgan fingerprint density at radius 3 is 0.870 bits per heavy atom. The molecular weight excluding hydrogens is 316 g/mol. The van der Waals surface area contributed by atoms with Gasteiger partial charge in [-0.05, 0) is 20.6 Å². The van der Waals surface area contributed by atoms with E-state index in [9.17, 15) is 0 Å². The van der Waals surface area contributed by atoms with Gasteiger partial charge in [-0.15, -0.1) is 13.1 Å². The summed E-state index contributed by atoms with van der Waals surface area (Å²) in [6.07, 6.45) is 2.57. The monoisotopic (exact) mass is 360 g/mol. The summed E-state index contributed by atoms with van der Waals surface area (Å²) >= 11 is 0. The molecule has 0 radical (unpaired) electrons. The van der Waals surface area contributed by atoms with Crippen molar-refractivity contribution in [2.75, 3.05) is 25.4 Å². The van der Waals surface area contributed by atoms with Crippen LogP contribution in [-0.2, 0) is 0 Å². The second-order valence-electron chi connectivity index (χ2n) is 10.7. The SMILES string of the molecule is CC(C)(C)P(CC[N-]CCP(C(C)(C)C)C(C)(C)C)C(C)(C)C. The molecule has 0 aliphatic carbocycles. The molecule has 23 heavy (non-hydrogen) atoms. The maximum atomic E-state index is 4.94. The van der Waals surface area contributed by atoms with Crippen LogP contribution in [0, 0.1) is 0 Å². The van der Waals surface area contributed by atoms with Crippen molar-refractivity contribution in [1.29, 1.82) is 0 Å². The highest BCUT2D eigenvalue weighted by atomic mass is 31.1. The van der Waals surface area contributed by atoms with Crippen LogP contribution in [0.4, 0.5) is 0 Å². The van der Waals surface area contributed by atoms with Crippen LogP contribution in [0.5, 0.6) is 0 Å². The third kappa shape index (κ3) is 9.18. The van der Waals surface area contributed by atoms with Crippen LogP contribution in [-0.4, -0.2) is 46.0 Å². The average Bonchev–Trinajstić information content (AvgIpc) is 2.19. The van der Waals surface area contributed by atoms with Gasteiger partial charge in [-0.1, -0.05) is 111 Å². The molecule has 0 unspecified atom stereocenters. The Hall–Kier alpha value is 0.820. The summed E-state index contributed by atoms with van der Waals surface area (Å²) < 4.78 is 0. The standard InChI is InChI=1S/C20H44NP2/c1-17(2,3)22(18(4,5)6)15-13-21-14-16-23(19(7,8)9)20(10,11)12/h13-16H2,1-12H3/q-1. The lowest BCUT2D eigenvalue weighted by atomic mass is 10.2. The topological polar surface area (TPSA) is 14.1 Å². The first-order chi connectivity index (χ1) is 9.97. The molecule has 1 nitrogen and oxygen atoms in total. The zero-order valence-corrected chi connectivity index (χ0v) is 20.0. The lowest BCUT2D eigenvalue weighted by Gasteiger charge is -2.44. The van der Waals surface area contributed by atoms with Crippen LogP contribution in [0.3, 0.4) is 0 Å². The van der Waals surface area contributed by atoms with Crippen molar-refractivity contribution in [2.24, 2.45) is 0 Å². The lowest BCUT2D eigenvalue weighted by Crippen LogP contribution is -2.28. The predicted molar refractivity (Wildman–Crippen MR) is 116 cm³/mol. The molecular formula is C20H44NP2-. The molecule has 0 saturated heterocycles. The molecule has 3 heteroatoms. The molecule has 0 aliphatic rings. The fourth-order valence-electron chi connectivity index (χ4n) is 3.81. The van der Waals surface area contributed by atoms with E-state index in [1.807, 2.05) is 0 Å². The molecule has 0 N–H and O–H groups in total. The first-order valence-corrected chi connectivity index (χ1v) is 12.2. The van der Waals surface area contributed by atoms with Gasteiger partial charge in [0.2, 0.25) is 0 Å². The zero-order valence-electron chi connectivity index (χ0n) is 18.2. The van der Waals surface area contributed by atoms with Gasteiger partial charge in [-0.3, -0.25) is 0 Å². The van der Waals surface area contributed by atoms with Crippen molar-refractivity contribution in [2.45, 2.75) is 104 Å². The van der Waals surface area contributed by atoms with E-state index in [-0.39, 0.29) is 15.8 Å². The quantitative estimate of drug-likeness (QED) is 0.343. The van der Waals surface area contributed by atoms with E-state index in [0.717, 1.165) is 13.1 Å². The summed E-state index contributed by atoms with van der Waals surface area (Å²) in [7, 11) is -0.0166. The molecule has 0 fully saturated rings. The van der Waals surface area contributed by atoms with Crippen LogP contribution < -0.4 is 0 Å². The highest BCUT2D eigenvalue weighted by Gasteiger charge is 2.33. The third-order valence-corrected chi connectivity index (χ3v) is 12.0. The lowest BCUT2D eigenvalue weighted by molar-refractivity contribution is 0.702. The van der Waals surface area contributed by atoms with Crippen LogP contribution in [0.25, 0.3) is 5.32 Å². The van der Waals surface area contributed by atoms with E-state index >= 15 is 0 Å². The Kier molecular flexibility index (Phi) is 8.77. The minimum atomic E-state index is -0.00830. The molecule has 0 aliphatic heterocycles. The van der Waals surface area contributed by atoms with Crippen LogP contribution in [0.15, 0.2) is 0 Å². The second kappa shape index (κ2) is 8.47. The van der Waals surface area contributed by atoms with Gasteiger partial charge in [0.25, 0.3) is 0 Å². The molecule has 0 aromatic rings. The first-order valence-electron chi connectivity index (χ1n) is 9.16. The average molecular weight is 361 g/mol. The van der Waals surface area contributed by atoms with Crippen molar-refractivity contribution >= 4 is 15.8 Å². The normalized spacial score (nSPS) is 14.9. The van der Waals surface area contributed by atoms with Gasteiger partial charge in [0, 0.05) is 0 Å². The Labute approximate surface area is 150 Å². The fraction of sp³-hybridized carbons (Fsp3) is 1.00. The third-order valence-electron chi connectivity index (χ3n) is 4.20. The summed E-state index contributed by atoms with van der Waals surface area (Å²) in [5.74, 6) is 0. The molecule has 0 heterocycles. The molecule has 0 atom stereocenters. The van der Waals surface area contributed by atoms with Crippen LogP contribution in [0.2, 0.25) is 0 Å². The minimum absolute atomic E-state index is 0.00830. The van der Waals surface area contributed by atoms with Gasteiger partial charge in [0.05, 0.1) is 0 Å². The molecule has 0 saturated carbocycles. The molecule has 140 valence electrons. The van der Waals surface area contributed by atoms with Crippen molar-refractivity contribution in [3.63, 3.8) is 0 Å². The Morgan fingerprint density at radius 2 is 0.696 bits per heavy atom. The second-order valence-corrected chi connectivity index (χ2v) is 18.6. The van der Waals surface area contributed by atoms with Crippen molar-refractivity contribution < 1.29 is 0 Å². The van der Waals surface area contributed by atoms with Gasteiger partial charge >= 0.3 is 0 Å². The Balaban J connectivity index is 4.46. The predicted octanol–water partition coefficient (Wildman–Crippen LogP) is 7.52. The number of nitrogens with zero attached hydrogens (tertiary/aromatic N) is 1. The highest BCUT2D eigenvalue weighted by molar-refractivity contribution is 7.61. The summed E-state index contributed by atoms with van der Waals surface area (Å²) in [5, 5.41) is 6.63. The zero-order chi connectivity index (χ0) is 18.7. The molecule has 0 spiro atoms. The van der Waals surface area contributed by atoms with Crippen molar-refractivity contribution in [3.05, 3.63) is 5.32 Å².